The fourth-order valence-electron chi connectivity index (χ4n) is 3.70. The van der Waals surface area contributed by atoms with E-state index in [4.69, 9.17) is 10.00 Å². The van der Waals surface area contributed by atoms with Gasteiger partial charge in [0.2, 0.25) is 5.91 Å². The van der Waals surface area contributed by atoms with E-state index >= 15 is 0 Å². The first-order valence-corrected chi connectivity index (χ1v) is 10.3. The summed E-state index contributed by atoms with van der Waals surface area (Å²) in [4.78, 5) is 28.9. The Kier molecular flexibility index (Phi) is 7.73. The van der Waals surface area contributed by atoms with Crippen LogP contribution < -0.4 is 10.2 Å². The number of hydrogen-bond donors (Lipinski definition) is 1. The highest BCUT2D eigenvalue weighted by Gasteiger charge is 2.38. The zero-order chi connectivity index (χ0) is 24.9. The molecule has 1 aliphatic rings. The zero-order valence-corrected chi connectivity index (χ0v) is 18.2. The third kappa shape index (κ3) is 5.63. The minimum Gasteiger partial charge on any atom is -0.383 e. The number of rotatable bonds is 6. The summed E-state index contributed by atoms with van der Waals surface area (Å²) in [5, 5.41) is 11.7. The average Bonchev–Trinajstić information content (AvgIpc) is 2.83. The first-order valence-electron chi connectivity index (χ1n) is 10.3. The summed E-state index contributed by atoms with van der Waals surface area (Å²) in [6, 6.07) is 8.73. The van der Waals surface area contributed by atoms with Crippen molar-refractivity contribution in [2.75, 3.05) is 44.8 Å². The maximum atomic E-state index is 13.4. The third-order valence-corrected chi connectivity index (χ3v) is 5.43. The number of amides is 2. The van der Waals surface area contributed by atoms with Gasteiger partial charge in [-0.15, -0.1) is 0 Å². The Morgan fingerprint density at radius 3 is 2.50 bits per heavy atom. The van der Waals surface area contributed by atoms with E-state index in [0.717, 1.165) is 24.3 Å². The molecule has 1 fully saturated rings. The Morgan fingerprint density at radius 1 is 1.18 bits per heavy atom. The molecule has 1 N–H and O–H groups in total. The molecule has 1 aliphatic heterocycles. The number of alkyl halides is 3. The number of ether oxygens (including phenoxy) is 1. The van der Waals surface area contributed by atoms with Crippen LogP contribution in [0.3, 0.4) is 0 Å². The highest BCUT2D eigenvalue weighted by Crippen LogP contribution is 2.35. The lowest BCUT2D eigenvalue weighted by atomic mass is 10.0. The topological polar surface area (TPSA) is 85.7 Å². The minimum absolute atomic E-state index is 0.0416. The van der Waals surface area contributed by atoms with Crippen molar-refractivity contribution >= 4 is 17.5 Å². The molecule has 3 rings (SSSR count). The lowest BCUT2D eigenvalue weighted by Crippen LogP contribution is -2.61. The van der Waals surface area contributed by atoms with E-state index in [9.17, 15) is 27.2 Å². The standard InChI is InChI=1S/C23H22F4N4O3/c1-34-11-8-29-21(32)20-14-30(18-7-4-16(13-28)19(12-18)23(25,26)27)9-10-31(20)22(33)15-2-5-17(24)6-3-15/h2-7,12,20H,8-11,14H2,1H3,(H,29,32). The van der Waals surface area contributed by atoms with Crippen molar-refractivity contribution in [3.63, 3.8) is 0 Å². The van der Waals surface area contributed by atoms with Gasteiger partial charge in [0.15, 0.2) is 0 Å². The summed E-state index contributed by atoms with van der Waals surface area (Å²) in [6.45, 7) is 0.533. The van der Waals surface area contributed by atoms with Crippen LogP contribution in [0.5, 0.6) is 0 Å². The Morgan fingerprint density at radius 2 is 1.88 bits per heavy atom. The van der Waals surface area contributed by atoms with Gasteiger partial charge in [-0.25, -0.2) is 4.39 Å². The molecule has 0 bridgehead atoms. The Bertz CT molecular complexity index is 1080. The van der Waals surface area contributed by atoms with Gasteiger partial charge >= 0.3 is 6.18 Å². The highest BCUT2D eigenvalue weighted by molar-refractivity contribution is 5.98. The predicted molar refractivity (Wildman–Crippen MR) is 114 cm³/mol. The number of hydrogen-bond acceptors (Lipinski definition) is 5. The van der Waals surface area contributed by atoms with Crippen LogP contribution in [-0.4, -0.2) is 62.7 Å². The first kappa shape index (κ1) is 25.0. The van der Waals surface area contributed by atoms with Crippen LogP contribution in [0, 0.1) is 17.1 Å². The molecule has 1 saturated heterocycles. The zero-order valence-electron chi connectivity index (χ0n) is 18.2. The molecule has 11 heteroatoms. The van der Waals surface area contributed by atoms with E-state index < -0.39 is 41.0 Å². The first-order chi connectivity index (χ1) is 16.2. The number of nitriles is 1. The van der Waals surface area contributed by atoms with Crippen molar-refractivity contribution in [3.8, 4) is 6.07 Å². The van der Waals surface area contributed by atoms with Gasteiger partial charge in [-0.2, -0.15) is 18.4 Å². The third-order valence-electron chi connectivity index (χ3n) is 5.43. The number of methoxy groups -OCH3 is 1. The Labute approximate surface area is 193 Å². The van der Waals surface area contributed by atoms with Crippen LogP contribution in [0.4, 0.5) is 23.2 Å². The molecule has 1 unspecified atom stereocenters. The van der Waals surface area contributed by atoms with Gasteiger partial charge in [0.1, 0.15) is 11.9 Å². The van der Waals surface area contributed by atoms with Crippen molar-refractivity contribution < 1.29 is 31.9 Å². The molecular formula is C23H22F4N4O3. The lowest BCUT2D eigenvalue weighted by molar-refractivity contribution is -0.137. The molecule has 0 aromatic heterocycles. The molecule has 0 saturated carbocycles. The second kappa shape index (κ2) is 10.5. The van der Waals surface area contributed by atoms with E-state index in [1.807, 2.05) is 0 Å². The van der Waals surface area contributed by atoms with Gasteiger partial charge in [0, 0.05) is 44.5 Å². The van der Waals surface area contributed by atoms with Crippen LogP contribution in [0.15, 0.2) is 42.5 Å². The molecule has 2 amide bonds. The van der Waals surface area contributed by atoms with Crippen LogP contribution in [0.2, 0.25) is 0 Å². The van der Waals surface area contributed by atoms with Gasteiger partial charge in [-0.1, -0.05) is 0 Å². The number of carbonyl (C=O) groups is 2. The average molecular weight is 478 g/mol. The summed E-state index contributed by atoms with van der Waals surface area (Å²) in [6.07, 6.45) is -4.72. The normalized spacial score (nSPS) is 16.2. The quantitative estimate of drug-likeness (QED) is 0.510. The molecule has 2 aromatic carbocycles. The van der Waals surface area contributed by atoms with E-state index in [-0.39, 0.29) is 44.0 Å². The summed E-state index contributed by atoms with van der Waals surface area (Å²) >= 11 is 0. The van der Waals surface area contributed by atoms with Gasteiger partial charge in [0.25, 0.3) is 5.91 Å². The van der Waals surface area contributed by atoms with Gasteiger partial charge in [-0.3, -0.25) is 9.59 Å². The maximum Gasteiger partial charge on any atom is 0.417 e. The Balaban J connectivity index is 1.89. The molecule has 1 atom stereocenters. The summed E-state index contributed by atoms with van der Waals surface area (Å²) in [5.41, 5.74) is -1.22. The minimum atomic E-state index is -4.72. The van der Waals surface area contributed by atoms with Crippen molar-refractivity contribution in [2.24, 2.45) is 0 Å². The number of piperazine rings is 1. The van der Waals surface area contributed by atoms with E-state index in [1.54, 1.807) is 4.90 Å². The van der Waals surface area contributed by atoms with Crippen LogP contribution >= 0.6 is 0 Å². The highest BCUT2D eigenvalue weighted by atomic mass is 19.4. The molecule has 34 heavy (non-hydrogen) atoms. The van der Waals surface area contributed by atoms with E-state index in [2.05, 4.69) is 5.32 Å². The molecule has 1 heterocycles. The summed E-state index contributed by atoms with van der Waals surface area (Å²) < 4.78 is 58.4. The maximum absolute atomic E-state index is 13.4. The lowest BCUT2D eigenvalue weighted by Gasteiger charge is -2.41. The number of nitrogens with one attached hydrogen (secondary N) is 1. The van der Waals surface area contributed by atoms with Crippen LogP contribution in [0.1, 0.15) is 21.5 Å². The number of nitrogens with zero attached hydrogens (tertiary/aromatic N) is 3. The van der Waals surface area contributed by atoms with Gasteiger partial charge < -0.3 is 19.9 Å². The Hall–Kier alpha value is -3.65. The molecular weight excluding hydrogens is 456 g/mol. The smallest absolute Gasteiger partial charge is 0.383 e. The van der Waals surface area contributed by atoms with Gasteiger partial charge in [-0.05, 0) is 42.5 Å². The number of benzene rings is 2. The van der Waals surface area contributed by atoms with Gasteiger partial charge in [0.05, 0.1) is 23.8 Å². The van der Waals surface area contributed by atoms with Crippen molar-refractivity contribution in [1.82, 2.24) is 10.2 Å². The molecule has 7 nitrogen and oxygen atoms in total. The summed E-state index contributed by atoms with van der Waals surface area (Å²) in [5.74, 6) is -1.51. The molecule has 0 radical (unpaired) electrons. The van der Waals surface area contributed by atoms with E-state index in [0.29, 0.717) is 0 Å². The number of carbonyl (C=O) groups excluding carboxylic acids is 2. The fraction of sp³-hybridized carbons (Fsp3) is 0.348. The molecule has 180 valence electrons. The van der Waals surface area contributed by atoms with E-state index in [1.165, 1.54) is 36.3 Å². The van der Waals surface area contributed by atoms with Crippen molar-refractivity contribution in [3.05, 3.63) is 65.0 Å². The SMILES string of the molecule is COCCNC(=O)C1CN(c2ccc(C#N)c(C(F)(F)F)c2)CCN1C(=O)c1ccc(F)cc1. The molecule has 2 aromatic rings. The molecule has 0 spiro atoms. The largest absolute Gasteiger partial charge is 0.417 e. The predicted octanol–water partition coefficient (Wildman–Crippen LogP) is 2.81. The molecule has 0 aliphatic carbocycles. The number of halogens is 4. The van der Waals surface area contributed by atoms with Crippen LogP contribution in [0.25, 0.3) is 0 Å². The fourth-order valence-corrected chi connectivity index (χ4v) is 3.70. The van der Waals surface area contributed by atoms with Crippen LogP contribution in [-0.2, 0) is 15.7 Å². The number of anilines is 1. The summed E-state index contributed by atoms with van der Waals surface area (Å²) in [7, 11) is 1.46. The second-order valence-electron chi connectivity index (χ2n) is 7.59. The van der Waals surface area contributed by atoms with Crippen molar-refractivity contribution in [1.29, 1.82) is 5.26 Å². The monoisotopic (exact) mass is 478 g/mol. The second-order valence-corrected chi connectivity index (χ2v) is 7.59. The van der Waals surface area contributed by atoms with Crippen molar-refractivity contribution in [2.45, 2.75) is 12.2 Å².